The van der Waals surface area contributed by atoms with Crippen molar-refractivity contribution in [2.45, 2.75) is 12.8 Å². The maximum absolute atomic E-state index is 11.5. The largest absolute Gasteiger partial charge is 0.343 e. The summed E-state index contributed by atoms with van der Waals surface area (Å²) < 4.78 is 0. The maximum atomic E-state index is 11.5. The van der Waals surface area contributed by atoms with E-state index in [4.69, 9.17) is 5.41 Å². The smallest absolute Gasteiger partial charge is 0.327 e. The molecule has 6 heteroatoms. The van der Waals surface area contributed by atoms with Gasteiger partial charge in [0, 0.05) is 19.3 Å². The van der Waals surface area contributed by atoms with Crippen LogP contribution in [0.15, 0.2) is 24.4 Å². The first-order valence-electron chi connectivity index (χ1n) is 5.58. The number of hydrogen-bond acceptors (Lipinski definition) is 3. The molecule has 1 aromatic heterocycles. The summed E-state index contributed by atoms with van der Waals surface area (Å²) in [6.45, 7) is 1.67. The van der Waals surface area contributed by atoms with Crippen molar-refractivity contribution in [2.24, 2.45) is 0 Å². The third kappa shape index (κ3) is 3.17. The van der Waals surface area contributed by atoms with Gasteiger partial charge >= 0.3 is 6.03 Å². The molecule has 0 aromatic carbocycles. The Morgan fingerprint density at radius 1 is 1.35 bits per heavy atom. The van der Waals surface area contributed by atoms with Gasteiger partial charge in [0.05, 0.1) is 0 Å². The maximum Gasteiger partial charge on any atom is 0.327 e. The Morgan fingerprint density at radius 2 is 2.12 bits per heavy atom. The van der Waals surface area contributed by atoms with Gasteiger partial charge in [-0.25, -0.2) is 9.78 Å². The lowest BCUT2D eigenvalue weighted by Crippen LogP contribution is -2.43. The molecule has 2 heterocycles. The molecule has 0 unspecified atom stereocenters. The predicted molar refractivity (Wildman–Crippen MR) is 64.9 cm³/mol. The number of urea groups is 1. The zero-order valence-corrected chi connectivity index (χ0v) is 9.44. The molecule has 0 aliphatic carbocycles. The highest BCUT2D eigenvalue weighted by Gasteiger charge is 2.16. The van der Waals surface area contributed by atoms with Crippen molar-refractivity contribution in [1.29, 1.82) is 5.41 Å². The third-order valence-electron chi connectivity index (χ3n) is 2.56. The standard InChI is InChI=1S/C11H15N5O/c12-10(16-7-3-4-8-16)15-11(17)14-9-5-1-2-6-13-9/h1-2,5-6H,3-4,7-8H2,(H3,12,13,14,15,17). The monoisotopic (exact) mass is 233 g/mol. The van der Waals surface area contributed by atoms with Crippen molar-refractivity contribution < 1.29 is 4.79 Å². The Labute approximate surface area is 99.5 Å². The number of pyridine rings is 1. The number of nitrogens with zero attached hydrogens (tertiary/aromatic N) is 2. The molecule has 3 N–H and O–H groups in total. The quantitative estimate of drug-likeness (QED) is 0.504. The van der Waals surface area contributed by atoms with Gasteiger partial charge in [-0.3, -0.25) is 16.0 Å². The summed E-state index contributed by atoms with van der Waals surface area (Å²) in [6, 6.07) is 4.82. The van der Waals surface area contributed by atoms with Gasteiger partial charge in [0.2, 0.25) is 0 Å². The average Bonchev–Trinajstić information content (AvgIpc) is 2.83. The first kappa shape index (κ1) is 11.4. The van der Waals surface area contributed by atoms with Gasteiger partial charge in [-0.1, -0.05) is 6.07 Å². The molecular formula is C11H15N5O. The lowest BCUT2D eigenvalue weighted by molar-refractivity contribution is 0.255. The van der Waals surface area contributed by atoms with Crippen LogP contribution < -0.4 is 10.6 Å². The highest BCUT2D eigenvalue weighted by atomic mass is 16.2. The minimum atomic E-state index is -0.430. The van der Waals surface area contributed by atoms with Gasteiger partial charge in [-0.2, -0.15) is 0 Å². The number of hydrogen-bond donors (Lipinski definition) is 3. The fraction of sp³-hybridized carbons (Fsp3) is 0.364. The normalized spacial score (nSPS) is 14.5. The molecule has 0 atom stereocenters. The van der Waals surface area contributed by atoms with E-state index in [9.17, 15) is 4.79 Å². The number of rotatable bonds is 1. The summed E-state index contributed by atoms with van der Waals surface area (Å²) in [5, 5.41) is 12.8. The van der Waals surface area contributed by atoms with Gasteiger partial charge in [-0.15, -0.1) is 0 Å². The molecule has 1 aromatic rings. The number of carbonyl (C=O) groups excluding carboxylic acids is 1. The van der Waals surface area contributed by atoms with E-state index < -0.39 is 6.03 Å². The predicted octanol–water partition coefficient (Wildman–Crippen LogP) is 1.23. The Hall–Kier alpha value is -2.11. The van der Waals surface area contributed by atoms with Crippen LogP contribution in [0.1, 0.15) is 12.8 Å². The van der Waals surface area contributed by atoms with Crippen molar-refractivity contribution in [2.75, 3.05) is 18.4 Å². The van der Waals surface area contributed by atoms with Gasteiger partial charge in [0.1, 0.15) is 5.82 Å². The summed E-state index contributed by atoms with van der Waals surface area (Å²) in [4.78, 5) is 17.4. The summed E-state index contributed by atoms with van der Waals surface area (Å²) in [5.74, 6) is 0.621. The fourth-order valence-corrected chi connectivity index (χ4v) is 1.71. The van der Waals surface area contributed by atoms with Gasteiger partial charge in [0.25, 0.3) is 0 Å². The number of amides is 2. The van der Waals surface area contributed by atoms with Crippen LogP contribution in [0.4, 0.5) is 10.6 Å². The molecule has 2 amide bonds. The van der Waals surface area contributed by atoms with E-state index >= 15 is 0 Å². The summed E-state index contributed by atoms with van der Waals surface area (Å²) in [7, 11) is 0. The van der Waals surface area contributed by atoms with Crippen molar-refractivity contribution in [1.82, 2.24) is 15.2 Å². The summed E-state index contributed by atoms with van der Waals surface area (Å²) >= 11 is 0. The first-order valence-corrected chi connectivity index (χ1v) is 5.58. The first-order chi connectivity index (χ1) is 8.25. The molecular weight excluding hydrogens is 218 g/mol. The molecule has 0 spiro atoms. The second kappa shape index (κ2) is 5.29. The van der Waals surface area contributed by atoms with Crippen LogP contribution in [0.5, 0.6) is 0 Å². The zero-order valence-electron chi connectivity index (χ0n) is 9.44. The Kier molecular flexibility index (Phi) is 3.54. The second-order valence-electron chi connectivity index (χ2n) is 3.84. The topological polar surface area (TPSA) is 81.1 Å². The summed E-state index contributed by atoms with van der Waals surface area (Å²) in [6.07, 6.45) is 3.75. The summed E-state index contributed by atoms with van der Waals surface area (Å²) in [5.41, 5.74) is 0. The van der Waals surface area contributed by atoms with Crippen molar-refractivity contribution >= 4 is 17.8 Å². The number of anilines is 1. The lowest BCUT2D eigenvalue weighted by Gasteiger charge is -2.18. The SMILES string of the molecule is N=C(NC(=O)Nc1ccccn1)N1CCCC1. The van der Waals surface area contributed by atoms with Crippen LogP contribution >= 0.6 is 0 Å². The number of nitrogens with one attached hydrogen (secondary N) is 3. The minimum Gasteiger partial charge on any atom is -0.343 e. The molecule has 1 aliphatic heterocycles. The fourth-order valence-electron chi connectivity index (χ4n) is 1.71. The van der Waals surface area contributed by atoms with E-state index in [2.05, 4.69) is 15.6 Å². The molecule has 0 bridgehead atoms. The lowest BCUT2D eigenvalue weighted by atomic mass is 10.4. The number of guanidine groups is 1. The molecule has 1 fully saturated rings. The van der Waals surface area contributed by atoms with Gasteiger partial charge < -0.3 is 4.90 Å². The van der Waals surface area contributed by atoms with E-state index in [1.165, 1.54) is 0 Å². The Morgan fingerprint density at radius 3 is 2.76 bits per heavy atom. The van der Waals surface area contributed by atoms with E-state index in [1.807, 2.05) is 4.90 Å². The molecule has 17 heavy (non-hydrogen) atoms. The van der Waals surface area contributed by atoms with E-state index in [0.29, 0.717) is 5.82 Å². The molecule has 90 valence electrons. The van der Waals surface area contributed by atoms with E-state index in [0.717, 1.165) is 25.9 Å². The van der Waals surface area contributed by atoms with Crippen LogP contribution in [0.3, 0.4) is 0 Å². The average molecular weight is 233 g/mol. The molecule has 6 nitrogen and oxygen atoms in total. The molecule has 1 saturated heterocycles. The minimum absolute atomic E-state index is 0.149. The number of aromatic nitrogens is 1. The van der Waals surface area contributed by atoms with Crippen molar-refractivity contribution in [3.05, 3.63) is 24.4 Å². The molecule has 2 rings (SSSR count). The van der Waals surface area contributed by atoms with Crippen molar-refractivity contribution in [3.63, 3.8) is 0 Å². The van der Waals surface area contributed by atoms with Crippen LogP contribution in [-0.2, 0) is 0 Å². The van der Waals surface area contributed by atoms with Crippen LogP contribution in [0.25, 0.3) is 0 Å². The highest BCUT2D eigenvalue weighted by Crippen LogP contribution is 2.06. The molecule has 0 radical (unpaired) electrons. The van der Waals surface area contributed by atoms with Gasteiger partial charge in [-0.05, 0) is 25.0 Å². The second-order valence-corrected chi connectivity index (χ2v) is 3.84. The number of carbonyl (C=O) groups is 1. The Balaban J connectivity index is 1.83. The van der Waals surface area contributed by atoms with E-state index in [-0.39, 0.29) is 5.96 Å². The molecule has 0 saturated carbocycles. The Bertz CT molecular complexity index is 400. The van der Waals surface area contributed by atoms with Crippen LogP contribution in [0.2, 0.25) is 0 Å². The highest BCUT2D eigenvalue weighted by molar-refractivity contribution is 6.00. The number of likely N-dealkylation sites (tertiary alicyclic amines) is 1. The van der Waals surface area contributed by atoms with Crippen LogP contribution in [-0.4, -0.2) is 35.0 Å². The van der Waals surface area contributed by atoms with Gasteiger partial charge in [0.15, 0.2) is 5.96 Å². The van der Waals surface area contributed by atoms with E-state index in [1.54, 1.807) is 24.4 Å². The zero-order chi connectivity index (χ0) is 12.1. The molecule has 1 aliphatic rings. The van der Waals surface area contributed by atoms with Crippen molar-refractivity contribution in [3.8, 4) is 0 Å². The third-order valence-corrected chi connectivity index (χ3v) is 2.56. The van der Waals surface area contributed by atoms with Crippen LogP contribution in [0, 0.1) is 5.41 Å².